The number of carbonyl (C=O) groups excluding carboxylic acids is 1. The molecule has 1 amide bonds. The number of hydrogen-bond donors (Lipinski definition) is 1. The minimum Gasteiger partial charge on any atom is -0.343 e. The summed E-state index contributed by atoms with van der Waals surface area (Å²) in [5.41, 5.74) is 0. The summed E-state index contributed by atoms with van der Waals surface area (Å²) < 4.78 is 34.5. The van der Waals surface area contributed by atoms with Gasteiger partial charge in [0.05, 0.1) is 12.5 Å². The van der Waals surface area contributed by atoms with E-state index >= 15 is 0 Å². The van der Waals surface area contributed by atoms with Crippen LogP contribution >= 0.6 is 0 Å². The highest BCUT2D eigenvalue weighted by molar-refractivity contribution is 5.76. The molecule has 12 heavy (non-hydrogen) atoms. The first-order chi connectivity index (χ1) is 5.45. The molecule has 0 aliphatic rings. The van der Waals surface area contributed by atoms with Crippen LogP contribution in [0.15, 0.2) is 0 Å². The van der Waals surface area contributed by atoms with Crippen LogP contribution in [0.4, 0.5) is 13.2 Å². The van der Waals surface area contributed by atoms with Crippen LogP contribution in [0.2, 0.25) is 0 Å². The predicted octanol–water partition coefficient (Wildman–Crippen LogP) is 0.969. The van der Waals surface area contributed by atoms with Gasteiger partial charge in [-0.1, -0.05) is 0 Å². The minimum atomic E-state index is -4.32. The molecule has 1 N–H and O–H groups in total. The Morgan fingerprint density at radius 2 is 2.08 bits per heavy atom. The summed E-state index contributed by atoms with van der Waals surface area (Å²) in [4.78, 5) is 10.5. The lowest BCUT2D eigenvalue weighted by Gasteiger charge is -2.04. The van der Waals surface area contributed by atoms with Crippen LogP contribution < -0.4 is 5.32 Å². The number of alkyl halides is 3. The SMILES string of the molecule is N#CCNC(=O)CCC(F)(F)F. The lowest BCUT2D eigenvalue weighted by atomic mass is 10.3. The van der Waals surface area contributed by atoms with E-state index in [4.69, 9.17) is 5.26 Å². The van der Waals surface area contributed by atoms with Crippen LogP contribution in [0, 0.1) is 11.3 Å². The topological polar surface area (TPSA) is 52.9 Å². The fraction of sp³-hybridized carbons (Fsp3) is 0.667. The smallest absolute Gasteiger partial charge is 0.343 e. The van der Waals surface area contributed by atoms with Crippen LogP contribution in [0.25, 0.3) is 0 Å². The van der Waals surface area contributed by atoms with Crippen LogP contribution in [0.1, 0.15) is 12.8 Å². The normalized spacial score (nSPS) is 10.5. The monoisotopic (exact) mass is 180 g/mol. The molecule has 0 aromatic heterocycles. The molecule has 6 heteroatoms. The Hall–Kier alpha value is -1.25. The van der Waals surface area contributed by atoms with Crippen molar-refractivity contribution in [1.29, 1.82) is 5.26 Å². The van der Waals surface area contributed by atoms with Crippen molar-refractivity contribution in [3.8, 4) is 6.07 Å². The number of nitriles is 1. The highest BCUT2D eigenvalue weighted by atomic mass is 19.4. The Labute approximate surface area is 67.2 Å². The van der Waals surface area contributed by atoms with E-state index in [2.05, 4.69) is 0 Å². The molecule has 0 radical (unpaired) electrons. The minimum absolute atomic E-state index is 0.253. The molecule has 0 aromatic carbocycles. The van der Waals surface area contributed by atoms with E-state index < -0.39 is 24.9 Å². The van der Waals surface area contributed by atoms with Gasteiger partial charge in [-0.25, -0.2) is 0 Å². The number of halogens is 3. The molecule has 0 aromatic rings. The molecule has 0 fully saturated rings. The van der Waals surface area contributed by atoms with E-state index in [9.17, 15) is 18.0 Å². The van der Waals surface area contributed by atoms with Gasteiger partial charge in [0.1, 0.15) is 6.54 Å². The van der Waals surface area contributed by atoms with Crippen molar-refractivity contribution < 1.29 is 18.0 Å². The summed E-state index contributed by atoms with van der Waals surface area (Å²) in [5, 5.41) is 9.96. The quantitative estimate of drug-likeness (QED) is 0.658. The van der Waals surface area contributed by atoms with Gasteiger partial charge in [-0.3, -0.25) is 4.79 Å². The first kappa shape index (κ1) is 10.8. The van der Waals surface area contributed by atoms with Gasteiger partial charge in [-0.2, -0.15) is 18.4 Å². The molecule has 0 aliphatic heterocycles. The molecule has 0 aliphatic carbocycles. The summed E-state index contributed by atoms with van der Waals surface area (Å²) in [7, 11) is 0. The van der Waals surface area contributed by atoms with E-state index in [0.717, 1.165) is 0 Å². The van der Waals surface area contributed by atoms with Gasteiger partial charge in [0.2, 0.25) is 5.91 Å². The summed E-state index contributed by atoms with van der Waals surface area (Å²) >= 11 is 0. The molecule has 0 saturated heterocycles. The zero-order valence-electron chi connectivity index (χ0n) is 6.11. The van der Waals surface area contributed by atoms with Gasteiger partial charge in [-0.15, -0.1) is 0 Å². The largest absolute Gasteiger partial charge is 0.389 e. The van der Waals surface area contributed by atoms with Crippen LogP contribution in [-0.4, -0.2) is 18.6 Å². The molecule has 3 nitrogen and oxygen atoms in total. The van der Waals surface area contributed by atoms with E-state index in [1.165, 1.54) is 0 Å². The van der Waals surface area contributed by atoms with E-state index in [-0.39, 0.29) is 6.54 Å². The van der Waals surface area contributed by atoms with Gasteiger partial charge in [0, 0.05) is 6.42 Å². The molecular weight excluding hydrogens is 173 g/mol. The third-order valence-corrected chi connectivity index (χ3v) is 1.00. The van der Waals surface area contributed by atoms with Crippen molar-refractivity contribution in [3.05, 3.63) is 0 Å². The number of rotatable bonds is 3. The van der Waals surface area contributed by atoms with Crippen molar-refractivity contribution in [2.75, 3.05) is 6.54 Å². The van der Waals surface area contributed by atoms with Gasteiger partial charge >= 0.3 is 6.18 Å². The Balaban J connectivity index is 3.53. The number of nitrogens with zero attached hydrogens (tertiary/aromatic N) is 1. The zero-order valence-corrected chi connectivity index (χ0v) is 6.11. The second kappa shape index (κ2) is 4.59. The fourth-order valence-electron chi connectivity index (χ4n) is 0.482. The first-order valence-electron chi connectivity index (χ1n) is 3.16. The Morgan fingerprint density at radius 1 is 1.50 bits per heavy atom. The Morgan fingerprint density at radius 3 is 2.50 bits per heavy atom. The summed E-state index contributed by atoms with van der Waals surface area (Å²) in [5.74, 6) is -0.756. The molecular formula is C6H7F3N2O. The predicted molar refractivity (Wildman–Crippen MR) is 33.9 cm³/mol. The average Bonchev–Trinajstić information content (AvgIpc) is 1.95. The third kappa shape index (κ3) is 6.86. The van der Waals surface area contributed by atoms with Gasteiger partial charge in [0.25, 0.3) is 0 Å². The lowest BCUT2D eigenvalue weighted by Crippen LogP contribution is -2.25. The average molecular weight is 180 g/mol. The maximum Gasteiger partial charge on any atom is 0.389 e. The third-order valence-electron chi connectivity index (χ3n) is 1.00. The number of amides is 1. The van der Waals surface area contributed by atoms with E-state index in [1.807, 2.05) is 5.32 Å². The van der Waals surface area contributed by atoms with Crippen LogP contribution in [0.3, 0.4) is 0 Å². The van der Waals surface area contributed by atoms with Crippen molar-refractivity contribution in [2.24, 2.45) is 0 Å². The Kier molecular flexibility index (Phi) is 4.11. The van der Waals surface area contributed by atoms with E-state index in [1.54, 1.807) is 6.07 Å². The number of nitrogens with one attached hydrogen (secondary N) is 1. The summed E-state index contributed by atoms with van der Waals surface area (Å²) in [6.07, 6.45) is -6.08. The van der Waals surface area contributed by atoms with Gasteiger partial charge in [0.15, 0.2) is 0 Å². The molecule has 0 rings (SSSR count). The van der Waals surface area contributed by atoms with Crippen molar-refractivity contribution >= 4 is 5.91 Å². The first-order valence-corrected chi connectivity index (χ1v) is 3.16. The summed E-state index contributed by atoms with van der Waals surface area (Å²) in [6.45, 7) is -0.253. The van der Waals surface area contributed by atoms with Crippen LogP contribution in [0.5, 0.6) is 0 Å². The standard InChI is InChI=1S/C6H7F3N2O/c7-6(8,9)2-1-5(12)11-4-3-10/h1-2,4H2,(H,11,12). The van der Waals surface area contributed by atoms with Gasteiger partial charge in [-0.05, 0) is 0 Å². The Bertz CT molecular complexity index is 194. The maximum absolute atomic E-state index is 11.5. The highest BCUT2D eigenvalue weighted by Crippen LogP contribution is 2.20. The second-order valence-corrected chi connectivity index (χ2v) is 2.05. The summed E-state index contributed by atoms with van der Waals surface area (Å²) in [6, 6.07) is 1.58. The van der Waals surface area contributed by atoms with E-state index in [0.29, 0.717) is 0 Å². The number of carbonyl (C=O) groups is 1. The zero-order chi connectivity index (χ0) is 9.61. The highest BCUT2D eigenvalue weighted by Gasteiger charge is 2.27. The van der Waals surface area contributed by atoms with Crippen molar-refractivity contribution in [1.82, 2.24) is 5.32 Å². The molecule has 0 spiro atoms. The molecule has 0 saturated carbocycles. The van der Waals surface area contributed by atoms with Crippen molar-refractivity contribution in [2.45, 2.75) is 19.0 Å². The number of hydrogen-bond acceptors (Lipinski definition) is 2. The molecule has 0 heterocycles. The maximum atomic E-state index is 11.5. The second-order valence-electron chi connectivity index (χ2n) is 2.05. The lowest BCUT2D eigenvalue weighted by molar-refractivity contribution is -0.144. The fourth-order valence-corrected chi connectivity index (χ4v) is 0.482. The van der Waals surface area contributed by atoms with Crippen molar-refractivity contribution in [3.63, 3.8) is 0 Å². The van der Waals surface area contributed by atoms with Crippen LogP contribution in [-0.2, 0) is 4.79 Å². The molecule has 0 bridgehead atoms. The molecule has 68 valence electrons. The molecule has 0 unspecified atom stereocenters. The van der Waals surface area contributed by atoms with Gasteiger partial charge < -0.3 is 5.32 Å². The molecule has 0 atom stereocenters.